The molecule has 9 heteroatoms. The number of ketones is 1. The molecule has 0 radical (unpaired) electrons. The Balaban J connectivity index is 1.97. The first kappa shape index (κ1) is 17.4. The molecule has 0 N–H and O–H groups in total. The standard InChI is InChI=1S/C17H20NO7P/c1-3-22-26(23-4-2)17(16-13(19)6-5-7-15(16)25-26)12-10-11(18(20)21)8-9-14(12)24-26/h8-10,17H,3-7H2,1-2H3. The van der Waals surface area contributed by atoms with Crippen molar-refractivity contribution in [3.8, 4) is 5.75 Å². The van der Waals surface area contributed by atoms with Gasteiger partial charge in [0.2, 0.25) is 0 Å². The van der Waals surface area contributed by atoms with Crippen LogP contribution in [0.2, 0.25) is 0 Å². The molecule has 1 atom stereocenters. The van der Waals surface area contributed by atoms with Crippen LogP contribution in [0.5, 0.6) is 5.75 Å². The van der Waals surface area contributed by atoms with E-state index in [2.05, 4.69) is 0 Å². The van der Waals surface area contributed by atoms with Crippen molar-refractivity contribution in [1.82, 2.24) is 0 Å². The van der Waals surface area contributed by atoms with Gasteiger partial charge in [0.25, 0.3) is 0 Å². The van der Waals surface area contributed by atoms with E-state index in [9.17, 15) is 14.9 Å². The maximum absolute atomic E-state index is 12.7. The van der Waals surface area contributed by atoms with Gasteiger partial charge in [-0.2, -0.15) is 0 Å². The summed E-state index contributed by atoms with van der Waals surface area (Å²) in [6.07, 6.45) is 1.70. The summed E-state index contributed by atoms with van der Waals surface area (Å²) in [5.74, 6) is 0.915. The Morgan fingerprint density at radius 3 is 2.62 bits per heavy atom. The molecule has 0 saturated carbocycles. The fourth-order valence-corrected chi connectivity index (χ4v) is 8.27. The molecule has 140 valence electrons. The van der Waals surface area contributed by atoms with Crippen LogP contribution in [0.3, 0.4) is 0 Å². The van der Waals surface area contributed by atoms with Gasteiger partial charge < -0.3 is 0 Å². The third-order valence-corrected chi connectivity index (χ3v) is 8.77. The van der Waals surface area contributed by atoms with Gasteiger partial charge in [0.15, 0.2) is 0 Å². The molecule has 1 unspecified atom stereocenters. The molecule has 2 heterocycles. The molecule has 0 bridgehead atoms. The van der Waals surface area contributed by atoms with Crippen molar-refractivity contribution in [3.63, 3.8) is 0 Å². The van der Waals surface area contributed by atoms with E-state index < -0.39 is 18.1 Å². The van der Waals surface area contributed by atoms with Gasteiger partial charge >= 0.3 is 150 Å². The van der Waals surface area contributed by atoms with E-state index in [0.29, 0.717) is 41.9 Å². The second-order valence-corrected chi connectivity index (χ2v) is 9.52. The molecule has 3 aliphatic rings. The van der Waals surface area contributed by atoms with Crippen LogP contribution in [0.25, 0.3) is 0 Å². The van der Waals surface area contributed by atoms with Crippen LogP contribution >= 0.6 is 7.51 Å². The van der Waals surface area contributed by atoms with Gasteiger partial charge in [-0.3, -0.25) is 0 Å². The number of Topliss-reactive ketones (excluding diaryl/α,β-unsaturated/α-hetero) is 1. The first-order valence-corrected chi connectivity index (χ1v) is 10.7. The van der Waals surface area contributed by atoms with Gasteiger partial charge in [-0.25, -0.2) is 0 Å². The van der Waals surface area contributed by atoms with Gasteiger partial charge in [0.1, 0.15) is 0 Å². The van der Waals surface area contributed by atoms with E-state index in [1.165, 1.54) is 18.2 Å². The number of fused-ring (bicyclic) bond motifs is 4. The van der Waals surface area contributed by atoms with Gasteiger partial charge in [-0.15, -0.1) is 0 Å². The summed E-state index contributed by atoms with van der Waals surface area (Å²) in [5.41, 5.74) is 0.254. The molecule has 0 amide bonds. The molecule has 0 fully saturated rings. The molecule has 8 nitrogen and oxygen atoms in total. The van der Waals surface area contributed by atoms with Crippen molar-refractivity contribution in [1.29, 1.82) is 0 Å². The minimum atomic E-state index is -4.20. The van der Waals surface area contributed by atoms with Crippen molar-refractivity contribution in [3.05, 3.63) is 45.2 Å². The molecule has 1 aromatic carbocycles. The monoisotopic (exact) mass is 381 g/mol. The molecule has 0 aromatic heterocycles. The Hall–Kier alpha value is -2.02. The number of hydrogen-bond donors (Lipinski definition) is 0. The number of rotatable bonds is 5. The summed E-state index contributed by atoms with van der Waals surface area (Å²) in [7, 11) is -4.20. The third kappa shape index (κ3) is 2.16. The van der Waals surface area contributed by atoms with Crippen LogP contribution in [0, 0.1) is 10.1 Å². The number of carbonyl (C=O) groups is 1. The van der Waals surface area contributed by atoms with Gasteiger partial charge in [-0.05, 0) is 0 Å². The van der Waals surface area contributed by atoms with Crippen molar-refractivity contribution in [2.24, 2.45) is 0 Å². The van der Waals surface area contributed by atoms with E-state index >= 15 is 0 Å². The number of non-ortho nitro benzene ring substituents is 1. The van der Waals surface area contributed by atoms with Gasteiger partial charge in [0.05, 0.1) is 0 Å². The topological polar surface area (TPSA) is 97.1 Å². The van der Waals surface area contributed by atoms with Crippen molar-refractivity contribution in [2.45, 2.75) is 38.8 Å². The number of allylic oxidation sites excluding steroid dienone is 2. The number of nitro benzene ring substituents is 1. The minimum absolute atomic E-state index is 0.0369. The van der Waals surface area contributed by atoms with Crippen LogP contribution in [-0.2, 0) is 18.4 Å². The molecule has 0 saturated heterocycles. The van der Waals surface area contributed by atoms with Crippen LogP contribution in [-0.4, -0.2) is 23.9 Å². The van der Waals surface area contributed by atoms with E-state index in [4.69, 9.17) is 18.1 Å². The number of carbonyl (C=O) groups excluding carboxylic acids is 1. The number of hydrogen-bond acceptors (Lipinski definition) is 7. The van der Waals surface area contributed by atoms with Crippen LogP contribution in [0.4, 0.5) is 5.69 Å². The molecular weight excluding hydrogens is 361 g/mol. The maximum atomic E-state index is 12.7. The summed E-state index contributed by atoms with van der Waals surface area (Å²) in [6.45, 7) is 4.13. The quantitative estimate of drug-likeness (QED) is 0.425. The summed E-state index contributed by atoms with van der Waals surface area (Å²) >= 11 is 0. The zero-order valence-electron chi connectivity index (χ0n) is 14.6. The van der Waals surface area contributed by atoms with E-state index in [1.54, 1.807) is 13.8 Å². The molecule has 2 aliphatic heterocycles. The van der Waals surface area contributed by atoms with Gasteiger partial charge in [-0.1, -0.05) is 0 Å². The van der Waals surface area contributed by atoms with E-state index in [0.717, 1.165) is 0 Å². The Bertz CT molecular complexity index is 844. The molecular formula is C17H20NO7P. The number of nitro groups is 1. The van der Waals surface area contributed by atoms with Crippen molar-refractivity contribution >= 4 is 19.0 Å². The Kier molecular flexibility index (Phi) is 3.84. The molecule has 4 rings (SSSR count). The van der Waals surface area contributed by atoms with Crippen LogP contribution in [0.15, 0.2) is 29.5 Å². The molecule has 26 heavy (non-hydrogen) atoms. The van der Waals surface area contributed by atoms with Gasteiger partial charge in [0, 0.05) is 0 Å². The first-order chi connectivity index (χ1) is 12.4. The summed E-state index contributed by atoms with van der Waals surface area (Å²) in [5, 5.41) is 11.3. The second-order valence-electron chi connectivity index (χ2n) is 6.38. The van der Waals surface area contributed by atoms with Crippen LogP contribution in [0.1, 0.15) is 44.3 Å². The number of nitrogens with zero attached hydrogens (tertiary/aromatic N) is 1. The average Bonchev–Trinajstić information content (AvgIpc) is 3.01. The first-order valence-electron chi connectivity index (χ1n) is 8.70. The zero-order valence-corrected chi connectivity index (χ0v) is 15.5. The summed E-state index contributed by atoms with van der Waals surface area (Å²) in [4.78, 5) is 23.5. The second kappa shape index (κ2) is 5.74. The average molecular weight is 381 g/mol. The normalized spacial score (nSPS) is 26.0. The molecule has 1 aromatic rings. The zero-order chi connectivity index (χ0) is 18.6. The Morgan fingerprint density at radius 1 is 1.23 bits per heavy atom. The van der Waals surface area contributed by atoms with Crippen molar-refractivity contribution in [2.75, 3.05) is 13.2 Å². The van der Waals surface area contributed by atoms with Crippen molar-refractivity contribution < 1.29 is 27.8 Å². The predicted octanol–water partition coefficient (Wildman–Crippen LogP) is 4.35. The molecule has 0 spiro atoms. The fourth-order valence-electron chi connectivity index (χ4n) is 4.03. The van der Waals surface area contributed by atoms with E-state index in [-0.39, 0.29) is 24.7 Å². The number of benzene rings is 1. The third-order valence-electron chi connectivity index (χ3n) is 4.86. The Labute approximate surface area is 150 Å². The van der Waals surface area contributed by atoms with E-state index in [1.807, 2.05) is 0 Å². The summed E-state index contributed by atoms with van der Waals surface area (Å²) < 4.78 is 24.6. The SMILES string of the molecule is CCOP12(OCC)OC3=C(C(=O)CCC3)C1c1cc([N+](=O)[O-])ccc1O2. The fraction of sp³-hybridized carbons (Fsp3) is 0.471. The summed E-state index contributed by atoms with van der Waals surface area (Å²) in [6, 6.07) is 4.33. The molecule has 1 aliphatic carbocycles. The predicted molar refractivity (Wildman–Crippen MR) is 93.6 cm³/mol. The van der Waals surface area contributed by atoms with Crippen LogP contribution < -0.4 is 4.52 Å². The Morgan fingerprint density at radius 2 is 1.96 bits per heavy atom.